The lowest BCUT2D eigenvalue weighted by molar-refractivity contribution is -0.131. The minimum atomic E-state index is -2.00. The molecule has 0 heterocycles. The van der Waals surface area contributed by atoms with Crippen LogP contribution in [0.3, 0.4) is 0 Å². The lowest BCUT2D eigenvalue weighted by Crippen LogP contribution is -2.46. The summed E-state index contributed by atoms with van der Waals surface area (Å²) in [5.74, 6) is -0.696. The van der Waals surface area contributed by atoms with Gasteiger partial charge in [0.1, 0.15) is 6.10 Å². The van der Waals surface area contributed by atoms with Crippen molar-refractivity contribution < 1.29 is 19.1 Å². The van der Waals surface area contributed by atoms with Crippen LogP contribution in [0.15, 0.2) is 24.3 Å². The van der Waals surface area contributed by atoms with Gasteiger partial charge in [0, 0.05) is 12.5 Å². The number of aliphatic carboxylic acids is 1. The molecular weight excluding hydrogens is 380 g/mol. The fraction of sp³-hybridized carbons (Fsp3) is 0.750. The van der Waals surface area contributed by atoms with Crippen molar-refractivity contribution in [3.05, 3.63) is 24.3 Å². The van der Waals surface area contributed by atoms with Gasteiger partial charge in [-0.15, -0.1) is 0 Å². The van der Waals surface area contributed by atoms with Crippen LogP contribution < -0.4 is 0 Å². The number of carbonyl (C=O) groups is 2. The third kappa shape index (κ3) is 13.6. The number of rotatable bonds is 16. The van der Waals surface area contributed by atoms with Crippen molar-refractivity contribution in [2.45, 2.75) is 116 Å². The van der Waals surface area contributed by atoms with Gasteiger partial charge in [-0.3, -0.25) is 4.79 Å². The summed E-state index contributed by atoms with van der Waals surface area (Å²) in [7, 11) is -2.00. The summed E-state index contributed by atoms with van der Waals surface area (Å²) in [6.07, 6.45) is 16.1. The monoisotopic (exact) mass is 424 g/mol. The van der Waals surface area contributed by atoms with Gasteiger partial charge in [-0.2, -0.15) is 0 Å². The largest absolute Gasteiger partial charge is 0.478 e. The molecule has 168 valence electrons. The van der Waals surface area contributed by atoms with Crippen LogP contribution in [0.25, 0.3) is 0 Å². The summed E-state index contributed by atoms with van der Waals surface area (Å²) in [6, 6.07) is 0. The summed E-state index contributed by atoms with van der Waals surface area (Å²) in [5.41, 5.74) is 0. The molecule has 0 aliphatic heterocycles. The van der Waals surface area contributed by atoms with E-state index in [1.165, 1.54) is 31.8 Å². The van der Waals surface area contributed by atoms with Crippen LogP contribution in [0, 0.1) is 0 Å². The van der Waals surface area contributed by atoms with Gasteiger partial charge in [0.05, 0.1) is 0 Å². The number of hydrogen-bond acceptors (Lipinski definition) is 3. The number of carboxylic acids is 1. The second-order valence-electron chi connectivity index (χ2n) is 9.41. The average Bonchev–Trinajstić information content (AvgIpc) is 2.61. The molecule has 4 nitrogen and oxygen atoms in total. The summed E-state index contributed by atoms with van der Waals surface area (Å²) in [6.45, 7) is 13.2. The van der Waals surface area contributed by atoms with Crippen molar-refractivity contribution in [2.75, 3.05) is 0 Å². The quantitative estimate of drug-likeness (QED) is 0.125. The van der Waals surface area contributed by atoms with Crippen molar-refractivity contribution in [1.29, 1.82) is 0 Å². The van der Waals surface area contributed by atoms with Crippen LogP contribution in [0.5, 0.6) is 0 Å². The molecule has 29 heavy (non-hydrogen) atoms. The Balaban J connectivity index is 4.68. The summed E-state index contributed by atoms with van der Waals surface area (Å²) < 4.78 is 6.49. The molecule has 0 aromatic heterocycles. The fourth-order valence-electron chi connectivity index (χ4n) is 2.79. The van der Waals surface area contributed by atoms with Crippen LogP contribution in [-0.4, -0.2) is 31.3 Å². The van der Waals surface area contributed by atoms with Crippen molar-refractivity contribution in [3.8, 4) is 0 Å². The Morgan fingerprint density at radius 2 is 1.62 bits per heavy atom. The van der Waals surface area contributed by atoms with Crippen LogP contribution in [-0.2, 0) is 14.0 Å². The Kier molecular flexibility index (Phi) is 14.1. The molecule has 1 atom stereocenters. The second-order valence-corrected chi connectivity index (χ2v) is 14.2. The molecule has 1 unspecified atom stereocenters. The number of carboxylic acid groups (broad SMARTS) is 1. The molecule has 0 fully saturated rings. The van der Waals surface area contributed by atoms with E-state index in [1.807, 2.05) is 6.08 Å². The predicted molar refractivity (Wildman–Crippen MR) is 125 cm³/mol. The van der Waals surface area contributed by atoms with Gasteiger partial charge < -0.3 is 9.53 Å². The van der Waals surface area contributed by atoms with Gasteiger partial charge in [0.25, 0.3) is 0 Å². The van der Waals surface area contributed by atoms with Crippen molar-refractivity contribution in [1.82, 2.24) is 0 Å². The summed E-state index contributed by atoms with van der Waals surface area (Å²) in [4.78, 5) is 23.3. The highest BCUT2D eigenvalue weighted by atomic mass is 28.4. The number of allylic oxidation sites excluding steroid dienone is 3. The Bertz CT molecular complexity index is 529. The van der Waals surface area contributed by atoms with Gasteiger partial charge in [-0.1, -0.05) is 78.0 Å². The highest BCUT2D eigenvalue weighted by Crippen LogP contribution is 2.38. The Morgan fingerprint density at radius 3 is 2.21 bits per heavy atom. The molecule has 0 aliphatic carbocycles. The Morgan fingerprint density at radius 1 is 1.00 bits per heavy atom. The molecule has 0 bridgehead atoms. The van der Waals surface area contributed by atoms with E-state index in [9.17, 15) is 9.59 Å². The first-order valence-electron chi connectivity index (χ1n) is 11.3. The topological polar surface area (TPSA) is 63.6 Å². The molecule has 0 saturated carbocycles. The predicted octanol–water partition coefficient (Wildman–Crippen LogP) is 7.06. The number of carbonyl (C=O) groups excluding carboxylic acids is 1. The van der Waals surface area contributed by atoms with Crippen molar-refractivity contribution in [2.24, 2.45) is 0 Å². The zero-order valence-electron chi connectivity index (χ0n) is 19.6. The van der Waals surface area contributed by atoms with E-state index in [0.29, 0.717) is 6.42 Å². The lowest BCUT2D eigenvalue weighted by atomic mass is 10.0. The smallest absolute Gasteiger partial charge is 0.328 e. The molecule has 0 spiro atoms. The molecule has 0 aromatic rings. The van der Waals surface area contributed by atoms with E-state index in [1.54, 1.807) is 6.08 Å². The number of unbranched alkanes of at least 4 members (excludes halogenated alkanes) is 6. The minimum absolute atomic E-state index is 0.0766. The van der Waals surface area contributed by atoms with Gasteiger partial charge in [0.15, 0.2) is 14.1 Å². The molecule has 5 heteroatoms. The van der Waals surface area contributed by atoms with Gasteiger partial charge >= 0.3 is 5.97 Å². The summed E-state index contributed by atoms with van der Waals surface area (Å²) >= 11 is 0. The van der Waals surface area contributed by atoms with Crippen molar-refractivity contribution >= 4 is 20.1 Å². The maximum absolute atomic E-state index is 12.9. The summed E-state index contributed by atoms with van der Waals surface area (Å²) in [5, 5.41) is 8.66. The molecule has 0 rings (SSSR count). The van der Waals surface area contributed by atoms with Gasteiger partial charge in [0.2, 0.25) is 0 Å². The maximum atomic E-state index is 12.9. The van der Waals surface area contributed by atoms with E-state index in [0.717, 1.165) is 38.2 Å². The van der Waals surface area contributed by atoms with E-state index < -0.39 is 14.3 Å². The Labute approximate surface area is 179 Å². The number of hydrogen-bond donors (Lipinski definition) is 1. The number of Topliss-reactive ketones (excluding diaryl/α,β-unsaturated/α-hetero) is 1. The van der Waals surface area contributed by atoms with Gasteiger partial charge in [-0.25, -0.2) is 4.79 Å². The van der Waals surface area contributed by atoms with Gasteiger partial charge in [-0.05, 0) is 43.8 Å². The van der Waals surface area contributed by atoms with Crippen LogP contribution in [0.4, 0.5) is 0 Å². The average molecular weight is 425 g/mol. The van der Waals surface area contributed by atoms with E-state index >= 15 is 0 Å². The molecule has 0 aliphatic rings. The molecule has 0 radical (unpaired) electrons. The first kappa shape index (κ1) is 27.8. The van der Waals surface area contributed by atoms with E-state index in [4.69, 9.17) is 9.53 Å². The third-order valence-electron chi connectivity index (χ3n) is 5.70. The molecule has 0 saturated heterocycles. The Hall–Kier alpha value is -1.20. The molecule has 0 aromatic carbocycles. The lowest BCUT2D eigenvalue weighted by Gasteiger charge is -2.39. The first-order valence-corrected chi connectivity index (χ1v) is 14.2. The third-order valence-corrected chi connectivity index (χ3v) is 10.2. The SMILES string of the molecule is CCCCCCCCC(=O)C(CCCC=CC=CC(=O)O)O[Si](C)(C)C(C)(C)C. The molecular formula is C24H44O4Si. The molecule has 0 amide bonds. The zero-order chi connectivity index (χ0) is 22.3. The maximum Gasteiger partial charge on any atom is 0.328 e. The standard InChI is InChI=1S/C24H44O4Si/c1-7-8-9-10-12-15-18-21(25)22(28-29(5,6)24(2,3)4)19-16-13-11-14-17-20-23(26)27/h11,14,17,20,22H,7-10,12-13,15-16,18-19H2,1-6H3,(H,26,27). The highest BCUT2D eigenvalue weighted by Gasteiger charge is 2.40. The number of ketones is 1. The van der Waals surface area contributed by atoms with E-state index in [2.05, 4.69) is 40.8 Å². The van der Waals surface area contributed by atoms with Crippen LogP contribution in [0.1, 0.15) is 91.9 Å². The molecule has 1 N–H and O–H groups in total. The highest BCUT2D eigenvalue weighted by molar-refractivity contribution is 6.74. The van der Waals surface area contributed by atoms with Crippen LogP contribution in [0.2, 0.25) is 18.1 Å². The minimum Gasteiger partial charge on any atom is -0.478 e. The fourth-order valence-corrected chi connectivity index (χ4v) is 4.11. The van der Waals surface area contributed by atoms with Crippen molar-refractivity contribution in [3.63, 3.8) is 0 Å². The van der Waals surface area contributed by atoms with E-state index in [-0.39, 0.29) is 16.9 Å². The second kappa shape index (κ2) is 14.7. The van der Waals surface area contributed by atoms with Crippen LogP contribution >= 0.6 is 0 Å². The normalized spacial score (nSPS) is 14.0. The zero-order valence-corrected chi connectivity index (χ0v) is 20.6. The first-order chi connectivity index (χ1) is 13.5.